The largest absolute Gasteiger partial charge is 0.493 e. The molecule has 0 aliphatic carbocycles. The highest BCUT2D eigenvalue weighted by molar-refractivity contribution is 5.78. The molecule has 1 spiro atoms. The summed E-state index contributed by atoms with van der Waals surface area (Å²) in [5, 5.41) is 13.3. The van der Waals surface area contributed by atoms with Gasteiger partial charge in [-0.1, -0.05) is 6.07 Å². The van der Waals surface area contributed by atoms with Crippen LogP contribution >= 0.6 is 0 Å². The first kappa shape index (κ1) is 19.9. The van der Waals surface area contributed by atoms with Crippen molar-refractivity contribution in [2.45, 2.75) is 43.9 Å². The summed E-state index contributed by atoms with van der Waals surface area (Å²) in [5.74, 6) is 1.31. The number of hydrogen-bond donors (Lipinski definition) is 2. The van der Waals surface area contributed by atoms with Gasteiger partial charge in [0, 0.05) is 26.2 Å². The Kier molecular flexibility index (Phi) is 6.57. The van der Waals surface area contributed by atoms with Gasteiger partial charge in [0.05, 0.1) is 32.5 Å². The van der Waals surface area contributed by atoms with E-state index in [1.165, 1.54) is 0 Å². The van der Waals surface area contributed by atoms with Crippen LogP contribution in [0.3, 0.4) is 0 Å². The van der Waals surface area contributed by atoms with Gasteiger partial charge < -0.3 is 24.6 Å². The average Bonchev–Trinajstić information content (AvgIpc) is 2.70. The van der Waals surface area contributed by atoms with Crippen LogP contribution in [0.25, 0.3) is 0 Å². The van der Waals surface area contributed by atoms with Gasteiger partial charge in [-0.25, -0.2) is 0 Å². The minimum absolute atomic E-state index is 0.00848. The van der Waals surface area contributed by atoms with Gasteiger partial charge in [-0.15, -0.1) is 0 Å². The third-order valence-corrected chi connectivity index (χ3v) is 5.63. The van der Waals surface area contributed by atoms with Gasteiger partial charge in [-0.2, -0.15) is 0 Å². The van der Waals surface area contributed by atoms with Crippen molar-refractivity contribution in [1.82, 2.24) is 10.2 Å². The summed E-state index contributed by atoms with van der Waals surface area (Å²) in [6.45, 7) is 3.06. The van der Waals surface area contributed by atoms with Crippen LogP contribution in [0.15, 0.2) is 18.2 Å². The van der Waals surface area contributed by atoms with Crippen LogP contribution in [-0.4, -0.2) is 68.1 Å². The topological polar surface area (TPSA) is 80.3 Å². The van der Waals surface area contributed by atoms with E-state index < -0.39 is 5.60 Å². The predicted molar refractivity (Wildman–Crippen MR) is 101 cm³/mol. The summed E-state index contributed by atoms with van der Waals surface area (Å²) < 4.78 is 16.4. The Morgan fingerprint density at radius 2 is 2.04 bits per heavy atom. The van der Waals surface area contributed by atoms with E-state index in [-0.39, 0.29) is 12.0 Å². The lowest BCUT2D eigenvalue weighted by Gasteiger charge is -2.46. The van der Waals surface area contributed by atoms with Gasteiger partial charge in [-0.05, 0) is 43.4 Å². The van der Waals surface area contributed by atoms with E-state index in [9.17, 15) is 9.90 Å². The highest BCUT2D eigenvalue weighted by atomic mass is 16.5. The molecule has 2 saturated heterocycles. The predicted octanol–water partition coefficient (Wildman–Crippen LogP) is 1.33. The molecule has 2 N–H and O–H groups in total. The summed E-state index contributed by atoms with van der Waals surface area (Å²) in [7, 11) is 3.19. The quantitative estimate of drug-likeness (QED) is 0.777. The normalized spacial score (nSPS) is 22.4. The number of rotatable bonds is 6. The third-order valence-electron chi connectivity index (χ3n) is 5.63. The minimum atomic E-state index is -0.398. The van der Waals surface area contributed by atoms with E-state index in [4.69, 9.17) is 14.2 Å². The monoisotopic (exact) mass is 378 g/mol. The number of likely N-dealkylation sites (tertiary alicyclic amines) is 1. The van der Waals surface area contributed by atoms with Crippen molar-refractivity contribution >= 4 is 5.91 Å². The Morgan fingerprint density at radius 3 is 2.70 bits per heavy atom. The zero-order valence-electron chi connectivity index (χ0n) is 16.2. The number of nitrogens with zero attached hydrogens (tertiary/aromatic N) is 1. The molecule has 7 nitrogen and oxygen atoms in total. The number of aliphatic hydroxyl groups excluding tert-OH is 1. The zero-order valence-corrected chi connectivity index (χ0v) is 16.2. The number of hydrogen-bond acceptors (Lipinski definition) is 6. The number of amides is 1. The number of benzene rings is 1. The molecule has 0 unspecified atom stereocenters. The SMILES string of the molecule is COc1ccc(CNC(=O)CN2CCC3(CC2)OCCC[C@H]3O)cc1OC. The molecule has 2 aliphatic heterocycles. The maximum Gasteiger partial charge on any atom is 0.234 e. The van der Waals surface area contributed by atoms with Crippen LogP contribution in [0, 0.1) is 0 Å². The molecule has 2 fully saturated rings. The third kappa shape index (κ3) is 4.72. The smallest absolute Gasteiger partial charge is 0.234 e. The van der Waals surface area contributed by atoms with Crippen LogP contribution in [0.1, 0.15) is 31.2 Å². The Hall–Kier alpha value is -1.83. The first-order chi connectivity index (χ1) is 13.1. The van der Waals surface area contributed by atoms with Crippen LogP contribution in [0.5, 0.6) is 11.5 Å². The molecular formula is C20H30N2O5. The molecule has 7 heteroatoms. The highest BCUT2D eigenvalue weighted by Gasteiger charge is 2.43. The molecule has 1 aromatic carbocycles. The van der Waals surface area contributed by atoms with E-state index in [2.05, 4.69) is 10.2 Å². The lowest BCUT2D eigenvalue weighted by Crippen LogP contribution is -2.56. The molecule has 2 heterocycles. The molecule has 0 bridgehead atoms. The molecule has 27 heavy (non-hydrogen) atoms. The molecule has 2 aliphatic rings. The summed E-state index contributed by atoms with van der Waals surface area (Å²) in [5.41, 5.74) is 0.558. The molecule has 0 aromatic heterocycles. The van der Waals surface area contributed by atoms with Crippen molar-refractivity contribution in [3.63, 3.8) is 0 Å². The van der Waals surface area contributed by atoms with Crippen molar-refractivity contribution in [3.8, 4) is 11.5 Å². The number of aliphatic hydroxyl groups is 1. The molecular weight excluding hydrogens is 348 g/mol. The van der Waals surface area contributed by atoms with Gasteiger partial charge in [0.2, 0.25) is 5.91 Å². The van der Waals surface area contributed by atoms with Gasteiger partial charge in [0.25, 0.3) is 0 Å². The van der Waals surface area contributed by atoms with Crippen LogP contribution < -0.4 is 14.8 Å². The second kappa shape index (κ2) is 8.91. The molecule has 1 atom stereocenters. The van der Waals surface area contributed by atoms with Crippen LogP contribution in [-0.2, 0) is 16.1 Å². The number of nitrogens with one attached hydrogen (secondary N) is 1. The Bertz CT molecular complexity index is 643. The number of piperidine rings is 1. The molecule has 1 aromatic rings. The summed E-state index contributed by atoms with van der Waals surface area (Å²) in [4.78, 5) is 14.4. The summed E-state index contributed by atoms with van der Waals surface area (Å²) >= 11 is 0. The summed E-state index contributed by atoms with van der Waals surface area (Å²) in [6.07, 6.45) is 2.90. The van der Waals surface area contributed by atoms with Crippen molar-refractivity contribution in [2.24, 2.45) is 0 Å². The van der Waals surface area contributed by atoms with Gasteiger partial charge in [0.1, 0.15) is 0 Å². The van der Waals surface area contributed by atoms with Crippen molar-refractivity contribution in [2.75, 3.05) is 40.5 Å². The second-order valence-corrected chi connectivity index (χ2v) is 7.31. The lowest BCUT2D eigenvalue weighted by atomic mass is 9.82. The Labute approximate surface area is 160 Å². The number of methoxy groups -OCH3 is 2. The van der Waals surface area contributed by atoms with Crippen molar-refractivity contribution in [1.29, 1.82) is 0 Å². The molecule has 3 rings (SSSR count). The molecule has 1 amide bonds. The number of carbonyl (C=O) groups excluding carboxylic acids is 1. The molecule has 0 radical (unpaired) electrons. The molecule has 150 valence electrons. The average molecular weight is 378 g/mol. The maximum atomic E-state index is 12.3. The summed E-state index contributed by atoms with van der Waals surface area (Å²) in [6, 6.07) is 5.61. The fraction of sp³-hybridized carbons (Fsp3) is 0.650. The number of carbonyl (C=O) groups is 1. The lowest BCUT2D eigenvalue weighted by molar-refractivity contribution is -0.177. The minimum Gasteiger partial charge on any atom is -0.493 e. The highest BCUT2D eigenvalue weighted by Crippen LogP contribution is 2.35. The Morgan fingerprint density at radius 1 is 1.30 bits per heavy atom. The van der Waals surface area contributed by atoms with Gasteiger partial charge >= 0.3 is 0 Å². The van der Waals surface area contributed by atoms with Crippen LogP contribution in [0.2, 0.25) is 0 Å². The standard InChI is InChI=1S/C20H30N2O5/c1-25-16-6-5-15(12-17(16)26-2)13-21-19(24)14-22-9-7-20(8-10-22)18(23)4-3-11-27-20/h5-6,12,18,23H,3-4,7-11,13-14H2,1-2H3,(H,21,24)/t18-/m1/s1. The van der Waals surface area contributed by atoms with Gasteiger partial charge in [0.15, 0.2) is 11.5 Å². The van der Waals surface area contributed by atoms with Crippen molar-refractivity contribution in [3.05, 3.63) is 23.8 Å². The van der Waals surface area contributed by atoms with Crippen LogP contribution in [0.4, 0.5) is 0 Å². The van der Waals surface area contributed by atoms with Crippen molar-refractivity contribution < 1.29 is 24.1 Å². The fourth-order valence-corrected chi connectivity index (χ4v) is 3.93. The fourth-order valence-electron chi connectivity index (χ4n) is 3.93. The molecule has 0 saturated carbocycles. The second-order valence-electron chi connectivity index (χ2n) is 7.31. The van der Waals surface area contributed by atoms with E-state index in [1.807, 2.05) is 18.2 Å². The van der Waals surface area contributed by atoms with E-state index in [1.54, 1.807) is 14.2 Å². The van der Waals surface area contributed by atoms with E-state index in [0.717, 1.165) is 50.9 Å². The first-order valence-corrected chi connectivity index (χ1v) is 9.58. The first-order valence-electron chi connectivity index (χ1n) is 9.58. The maximum absolute atomic E-state index is 12.3. The van der Waals surface area contributed by atoms with E-state index in [0.29, 0.717) is 24.6 Å². The zero-order chi connectivity index (χ0) is 19.3. The van der Waals surface area contributed by atoms with E-state index >= 15 is 0 Å². The Balaban J connectivity index is 1.45. The van der Waals surface area contributed by atoms with Gasteiger partial charge in [-0.3, -0.25) is 9.69 Å². The number of ether oxygens (including phenoxy) is 3.